The Bertz CT molecular complexity index is 1040. The minimum Gasteiger partial charge on any atom is -0.326 e. The number of benzene rings is 2. The van der Waals surface area contributed by atoms with E-state index in [4.69, 9.17) is 0 Å². The summed E-state index contributed by atoms with van der Waals surface area (Å²) in [7, 11) is 0. The first-order valence-electron chi connectivity index (χ1n) is 9.75. The van der Waals surface area contributed by atoms with E-state index >= 15 is 0 Å². The van der Waals surface area contributed by atoms with Crippen LogP contribution in [0.3, 0.4) is 0 Å². The van der Waals surface area contributed by atoms with Gasteiger partial charge in [0.2, 0.25) is 11.8 Å². The summed E-state index contributed by atoms with van der Waals surface area (Å²) in [5.74, 6) is -0.193. The molecule has 0 aliphatic heterocycles. The van der Waals surface area contributed by atoms with Crippen LogP contribution in [0.1, 0.15) is 30.7 Å². The first-order chi connectivity index (χ1) is 14.4. The highest BCUT2D eigenvalue weighted by atomic mass is 32.2. The minimum atomic E-state index is -0.260. The number of thioether (sulfide) groups is 1. The molecule has 2 amide bonds. The van der Waals surface area contributed by atoms with Crippen LogP contribution >= 0.6 is 23.1 Å². The lowest BCUT2D eigenvalue weighted by atomic mass is 10.1. The van der Waals surface area contributed by atoms with Crippen LogP contribution in [0.2, 0.25) is 0 Å². The molecule has 0 radical (unpaired) electrons. The van der Waals surface area contributed by atoms with E-state index in [1.54, 1.807) is 0 Å². The molecule has 0 fully saturated rings. The summed E-state index contributed by atoms with van der Waals surface area (Å²) in [5.41, 5.74) is 3.87. The molecule has 0 aliphatic carbocycles. The van der Waals surface area contributed by atoms with Crippen LogP contribution in [-0.4, -0.2) is 22.0 Å². The van der Waals surface area contributed by atoms with Crippen LogP contribution in [0.5, 0.6) is 0 Å². The highest BCUT2D eigenvalue weighted by molar-refractivity contribution is 8.00. The van der Waals surface area contributed by atoms with E-state index in [-0.39, 0.29) is 17.1 Å². The number of nitrogens with zero attached hydrogens (tertiary/aromatic N) is 1. The third-order valence-electron chi connectivity index (χ3n) is 4.45. The zero-order valence-electron chi connectivity index (χ0n) is 17.5. The number of rotatable bonds is 7. The van der Waals surface area contributed by atoms with E-state index in [1.807, 2.05) is 38.1 Å². The van der Waals surface area contributed by atoms with E-state index in [1.165, 1.54) is 35.6 Å². The zero-order valence-corrected chi connectivity index (χ0v) is 19.1. The molecular weight excluding hydrogens is 414 g/mol. The number of aryl methyl sites for hydroxylation is 2. The van der Waals surface area contributed by atoms with Crippen molar-refractivity contribution in [3.05, 3.63) is 59.0 Å². The predicted octanol–water partition coefficient (Wildman–Crippen LogP) is 5.89. The molecule has 156 valence electrons. The van der Waals surface area contributed by atoms with Crippen molar-refractivity contribution in [3.8, 4) is 11.3 Å². The number of hydrogen-bond acceptors (Lipinski definition) is 5. The number of nitrogens with one attached hydrogen (secondary N) is 2. The molecule has 1 atom stereocenters. The van der Waals surface area contributed by atoms with Crippen molar-refractivity contribution in [2.24, 2.45) is 0 Å². The smallest absolute Gasteiger partial charge is 0.239 e. The van der Waals surface area contributed by atoms with Gasteiger partial charge in [-0.15, -0.1) is 23.1 Å². The average molecular weight is 440 g/mol. The fraction of sp³-hybridized carbons (Fsp3) is 0.261. The van der Waals surface area contributed by atoms with Crippen LogP contribution in [0.15, 0.2) is 53.4 Å². The van der Waals surface area contributed by atoms with Crippen molar-refractivity contribution < 1.29 is 9.59 Å². The second-order valence-corrected chi connectivity index (χ2v) is 9.48. The Labute approximate surface area is 185 Å². The van der Waals surface area contributed by atoms with E-state index in [2.05, 4.69) is 46.8 Å². The third-order valence-corrected chi connectivity index (χ3v) is 6.69. The molecule has 1 aromatic heterocycles. The topological polar surface area (TPSA) is 71.1 Å². The number of aromatic nitrogens is 1. The Hall–Kier alpha value is -2.64. The van der Waals surface area contributed by atoms with Gasteiger partial charge in [0.25, 0.3) is 0 Å². The highest BCUT2D eigenvalue weighted by Gasteiger charge is 2.20. The number of amides is 2. The van der Waals surface area contributed by atoms with E-state index in [0.717, 1.165) is 26.7 Å². The zero-order chi connectivity index (χ0) is 21.7. The second kappa shape index (κ2) is 9.91. The quantitative estimate of drug-likeness (QED) is 0.450. The number of carbonyl (C=O) groups is 2. The standard InChI is InChI=1S/C23H25N3O2S2/c1-5-20(30-19-8-6-7-18(13-19)24-16(4)27)22(28)26-23-25-21(15(3)29-23)17-11-9-14(2)10-12-17/h6-13,20H,5H2,1-4H3,(H,24,27)(H,25,26,28). The predicted molar refractivity (Wildman–Crippen MR) is 126 cm³/mol. The fourth-order valence-corrected chi connectivity index (χ4v) is 4.80. The highest BCUT2D eigenvalue weighted by Crippen LogP contribution is 2.32. The molecule has 0 bridgehead atoms. The largest absolute Gasteiger partial charge is 0.326 e. The molecule has 5 nitrogen and oxygen atoms in total. The summed E-state index contributed by atoms with van der Waals surface area (Å²) >= 11 is 2.97. The lowest BCUT2D eigenvalue weighted by molar-refractivity contribution is -0.116. The van der Waals surface area contributed by atoms with Crippen LogP contribution in [-0.2, 0) is 9.59 Å². The second-order valence-electron chi connectivity index (χ2n) is 7.00. The Balaban J connectivity index is 1.70. The van der Waals surface area contributed by atoms with Crippen molar-refractivity contribution >= 4 is 45.7 Å². The molecule has 3 aromatic rings. The van der Waals surface area contributed by atoms with E-state index in [0.29, 0.717) is 11.6 Å². The van der Waals surface area contributed by atoms with Gasteiger partial charge in [-0.2, -0.15) is 0 Å². The average Bonchev–Trinajstić information content (AvgIpc) is 3.06. The summed E-state index contributed by atoms with van der Waals surface area (Å²) in [4.78, 5) is 30.8. The van der Waals surface area contributed by atoms with Gasteiger partial charge in [-0.3, -0.25) is 9.59 Å². The molecule has 2 N–H and O–H groups in total. The van der Waals surface area contributed by atoms with Gasteiger partial charge in [0.05, 0.1) is 10.9 Å². The Kier molecular flexibility index (Phi) is 7.29. The molecule has 0 aliphatic rings. The first kappa shape index (κ1) is 22.1. The molecule has 7 heteroatoms. The van der Waals surface area contributed by atoms with Gasteiger partial charge in [-0.1, -0.05) is 42.8 Å². The summed E-state index contributed by atoms with van der Waals surface area (Å²) in [6.45, 7) is 7.53. The van der Waals surface area contributed by atoms with Crippen molar-refractivity contribution in [1.82, 2.24) is 4.98 Å². The number of thiazole rings is 1. The van der Waals surface area contributed by atoms with Crippen LogP contribution in [0.25, 0.3) is 11.3 Å². The van der Waals surface area contributed by atoms with Crippen molar-refractivity contribution in [1.29, 1.82) is 0 Å². The van der Waals surface area contributed by atoms with Crippen molar-refractivity contribution in [2.75, 3.05) is 10.6 Å². The first-order valence-corrected chi connectivity index (χ1v) is 11.4. The van der Waals surface area contributed by atoms with Crippen LogP contribution in [0.4, 0.5) is 10.8 Å². The van der Waals surface area contributed by atoms with E-state index < -0.39 is 0 Å². The summed E-state index contributed by atoms with van der Waals surface area (Å²) < 4.78 is 0. The van der Waals surface area contributed by atoms with Crippen LogP contribution in [0, 0.1) is 13.8 Å². The van der Waals surface area contributed by atoms with Gasteiger partial charge in [-0.25, -0.2) is 4.98 Å². The molecule has 30 heavy (non-hydrogen) atoms. The van der Waals surface area contributed by atoms with Crippen molar-refractivity contribution in [3.63, 3.8) is 0 Å². The lowest BCUT2D eigenvalue weighted by Gasteiger charge is -2.14. The van der Waals surface area contributed by atoms with Crippen molar-refractivity contribution in [2.45, 2.75) is 44.3 Å². The molecular formula is C23H25N3O2S2. The number of anilines is 2. The van der Waals surface area contributed by atoms with Gasteiger partial charge in [0.1, 0.15) is 0 Å². The molecule has 0 spiro atoms. The Morgan fingerprint density at radius 2 is 1.83 bits per heavy atom. The minimum absolute atomic E-state index is 0.0726. The van der Waals surface area contributed by atoms with Gasteiger partial charge in [0.15, 0.2) is 5.13 Å². The van der Waals surface area contributed by atoms with Gasteiger partial charge in [0, 0.05) is 27.9 Å². The molecule has 0 saturated carbocycles. The molecule has 1 heterocycles. The number of hydrogen-bond donors (Lipinski definition) is 2. The molecule has 3 rings (SSSR count). The molecule has 0 saturated heterocycles. The Morgan fingerprint density at radius 1 is 1.10 bits per heavy atom. The maximum atomic E-state index is 12.9. The van der Waals surface area contributed by atoms with E-state index in [9.17, 15) is 9.59 Å². The maximum Gasteiger partial charge on any atom is 0.239 e. The third kappa shape index (κ3) is 5.70. The SMILES string of the molecule is CCC(Sc1cccc(NC(C)=O)c1)C(=O)Nc1nc(-c2ccc(C)cc2)c(C)s1. The van der Waals surface area contributed by atoms with Crippen LogP contribution < -0.4 is 10.6 Å². The monoisotopic (exact) mass is 439 g/mol. The summed E-state index contributed by atoms with van der Waals surface area (Å²) in [6, 6.07) is 15.7. The summed E-state index contributed by atoms with van der Waals surface area (Å²) in [6.07, 6.45) is 0.677. The maximum absolute atomic E-state index is 12.9. The summed E-state index contributed by atoms with van der Waals surface area (Å²) in [5, 5.41) is 6.10. The molecule has 1 unspecified atom stereocenters. The van der Waals surface area contributed by atoms with Gasteiger partial charge in [-0.05, 0) is 38.5 Å². The van der Waals surface area contributed by atoms with Gasteiger partial charge < -0.3 is 10.6 Å². The van der Waals surface area contributed by atoms with Gasteiger partial charge >= 0.3 is 0 Å². The number of carbonyl (C=O) groups excluding carboxylic acids is 2. The lowest BCUT2D eigenvalue weighted by Crippen LogP contribution is -2.24. The Morgan fingerprint density at radius 3 is 2.50 bits per heavy atom. The normalized spacial score (nSPS) is 11.7. The fourth-order valence-electron chi connectivity index (χ4n) is 2.95. The molecule has 2 aromatic carbocycles.